The first kappa shape index (κ1) is 59.5. The maximum Gasteiger partial charge on any atom is 0.306 e. The number of hydrogen-bond donors (Lipinski definition) is 0. The van der Waals surface area contributed by atoms with E-state index in [0.29, 0.717) is 19.3 Å². The molecule has 0 aromatic heterocycles. The number of ether oxygens (including phenoxy) is 3. The van der Waals surface area contributed by atoms with Gasteiger partial charge in [-0.15, -0.1) is 0 Å². The van der Waals surface area contributed by atoms with Gasteiger partial charge in [0.15, 0.2) is 6.10 Å². The van der Waals surface area contributed by atoms with Crippen molar-refractivity contribution in [2.45, 2.75) is 155 Å². The standard InChI is InChI=1S/C59H84O6/c1-4-7-10-13-16-19-22-25-27-28-29-30-32-34-37-40-43-46-49-52-58(61)64-55-56(54-63-57(60)51-48-45-42-39-36-33-24-21-18-15-12-9-6-3)65-59(62)53-50-47-44-41-38-35-31-26-23-20-17-14-11-8-5-2/h7-12,14-21,23-27,29-31,33-38,43,46,56H,4-6,13,22,28,32,39-42,44-45,47-55H2,1-3H3/b10-7+,11-8+,12-9+,17-14+,18-15+,19-16+,23-20+,24-21+,27-25+,30-29+,31-26+,36-33+,37-34+,38-35+,46-43+. The minimum absolute atomic E-state index is 0.150. The molecular formula is C59H84O6. The fraction of sp³-hybridized carbons (Fsp3) is 0.441. The summed E-state index contributed by atoms with van der Waals surface area (Å²) in [6, 6.07) is 0. The van der Waals surface area contributed by atoms with Gasteiger partial charge in [-0.1, -0.05) is 216 Å². The Hall–Kier alpha value is -5.49. The highest BCUT2D eigenvalue weighted by Gasteiger charge is 2.19. The molecule has 6 nitrogen and oxygen atoms in total. The number of rotatable bonds is 40. The van der Waals surface area contributed by atoms with E-state index in [-0.39, 0.29) is 38.4 Å². The lowest BCUT2D eigenvalue weighted by atomic mass is 10.1. The molecule has 6 heteroatoms. The van der Waals surface area contributed by atoms with Gasteiger partial charge in [-0.05, 0) is 96.3 Å². The van der Waals surface area contributed by atoms with Gasteiger partial charge < -0.3 is 14.2 Å². The van der Waals surface area contributed by atoms with Crippen LogP contribution in [0.15, 0.2) is 182 Å². The maximum absolute atomic E-state index is 12.8. The third-order valence-electron chi connectivity index (χ3n) is 9.12. The summed E-state index contributed by atoms with van der Waals surface area (Å²) in [7, 11) is 0. The zero-order chi connectivity index (χ0) is 47.2. The lowest BCUT2D eigenvalue weighted by molar-refractivity contribution is -0.166. The summed E-state index contributed by atoms with van der Waals surface area (Å²) in [6.45, 7) is 6.05. The van der Waals surface area contributed by atoms with E-state index < -0.39 is 18.0 Å². The van der Waals surface area contributed by atoms with Crippen molar-refractivity contribution in [2.75, 3.05) is 13.2 Å². The Morgan fingerprint density at radius 1 is 0.323 bits per heavy atom. The molecule has 1 unspecified atom stereocenters. The molecule has 0 radical (unpaired) electrons. The zero-order valence-electron chi connectivity index (χ0n) is 40.4. The van der Waals surface area contributed by atoms with Crippen molar-refractivity contribution >= 4 is 17.9 Å². The lowest BCUT2D eigenvalue weighted by Crippen LogP contribution is -2.30. The van der Waals surface area contributed by atoms with E-state index in [0.717, 1.165) is 89.9 Å². The fourth-order valence-corrected chi connectivity index (χ4v) is 5.55. The van der Waals surface area contributed by atoms with Crippen LogP contribution in [0.3, 0.4) is 0 Å². The lowest BCUT2D eigenvalue weighted by Gasteiger charge is -2.18. The smallest absolute Gasteiger partial charge is 0.306 e. The Kier molecular flexibility index (Phi) is 46.8. The predicted molar refractivity (Wildman–Crippen MR) is 278 cm³/mol. The molecule has 65 heavy (non-hydrogen) atoms. The fourth-order valence-electron chi connectivity index (χ4n) is 5.55. The summed E-state index contributed by atoms with van der Waals surface area (Å²) in [5.41, 5.74) is 0. The molecule has 356 valence electrons. The summed E-state index contributed by atoms with van der Waals surface area (Å²) in [5, 5.41) is 0. The third-order valence-corrected chi connectivity index (χ3v) is 9.12. The number of allylic oxidation sites excluding steroid dienone is 30. The summed E-state index contributed by atoms with van der Waals surface area (Å²) >= 11 is 0. The van der Waals surface area contributed by atoms with Crippen molar-refractivity contribution in [3.8, 4) is 0 Å². The van der Waals surface area contributed by atoms with Crippen LogP contribution in [0.5, 0.6) is 0 Å². The first-order valence-electron chi connectivity index (χ1n) is 24.4. The number of carbonyl (C=O) groups is 3. The Morgan fingerprint density at radius 2 is 0.662 bits per heavy atom. The van der Waals surface area contributed by atoms with Crippen LogP contribution < -0.4 is 0 Å². The molecule has 0 amide bonds. The molecular weight excluding hydrogens is 805 g/mol. The number of hydrogen-bond acceptors (Lipinski definition) is 6. The molecule has 1 atom stereocenters. The van der Waals surface area contributed by atoms with Crippen molar-refractivity contribution in [1.82, 2.24) is 0 Å². The topological polar surface area (TPSA) is 78.9 Å². The molecule has 0 saturated heterocycles. The van der Waals surface area contributed by atoms with Gasteiger partial charge in [0.1, 0.15) is 13.2 Å². The molecule has 0 aliphatic carbocycles. The van der Waals surface area contributed by atoms with Crippen molar-refractivity contribution in [1.29, 1.82) is 0 Å². The average molecular weight is 889 g/mol. The second-order valence-corrected chi connectivity index (χ2v) is 15.1. The number of esters is 3. The van der Waals surface area contributed by atoms with Crippen LogP contribution >= 0.6 is 0 Å². The third kappa shape index (κ3) is 49.4. The molecule has 0 aromatic carbocycles. The SMILES string of the molecule is CC/C=C/C=C/C=C/C=C/C=C/CCCCCC(=O)OC(COC(=O)CC/C=C/C/C=C/C/C=C/C/C=C/C/C=C/C/C=C/CC)COC(=O)CCCCC/C=C/C=C/C=C/C=C/CC. The highest BCUT2D eigenvalue weighted by atomic mass is 16.6. The Bertz CT molecular complexity index is 1630. The van der Waals surface area contributed by atoms with Gasteiger partial charge in [0.25, 0.3) is 0 Å². The second-order valence-electron chi connectivity index (χ2n) is 15.1. The van der Waals surface area contributed by atoms with Crippen LogP contribution in [-0.2, 0) is 28.6 Å². The molecule has 0 aromatic rings. The van der Waals surface area contributed by atoms with E-state index in [4.69, 9.17) is 14.2 Å². The van der Waals surface area contributed by atoms with E-state index in [9.17, 15) is 14.4 Å². The van der Waals surface area contributed by atoms with Crippen LogP contribution in [0, 0.1) is 0 Å². The van der Waals surface area contributed by atoms with Gasteiger partial charge in [0.05, 0.1) is 0 Å². The van der Waals surface area contributed by atoms with Crippen LogP contribution in [0.2, 0.25) is 0 Å². The van der Waals surface area contributed by atoms with Gasteiger partial charge >= 0.3 is 17.9 Å². The van der Waals surface area contributed by atoms with E-state index in [2.05, 4.69) is 106 Å². The Morgan fingerprint density at radius 3 is 1.08 bits per heavy atom. The Balaban J connectivity index is 4.69. The summed E-state index contributed by atoms with van der Waals surface area (Å²) < 4.78 is 16.6. The van der Waals surface area contributed by atoms with Crippen LogP contribution in [0.4, 0.5) is 0 Å². The zero-order valence-corrected chi connectivity index (χ0v) is 40.4. The first-order chi connectivity index (χ1) is 32.0. The molecule has 0 fully saturated rings. The van der Waals surface area contributed by atoms with E-state index >= 15 is 0 Å². The minimum atomic E-state index is -0.857. The number of unbranched alkanes of at least 4 members (excludes halogenated alkanes) is 6. The van der Waals surface area contributed by atoms with Gasteiger partial charge in [-0.2, -0.15) is 0 Å². The quantitative estimate of drug-likeness (QED) is 0.0200. The van der Waals surface area contributed by atoms with Gasteiger partial charge in [-0.3, -0.25) is 14.4 Å². The van der Waals surface area contributed by atoms with E-state index in [1.54, 1.807) is 0 Å². The molecule has 0 saturated carbocycles. The van der Waals surface area contributed by atoms with Crippen LogP contribution in [0.1, 0.15) is 149 Å². The predicted octanol–water partition coefficient (Wildman–Crippen LogP) is 16.2. The van der Waals surface area contributed by atoms with Crippen molar-refractivity contribution in [3.05, 3.63) is 182 Å². The van der Waals surface area contributed by atoms with Crippen LogP contribution in [0.25, 0.3) is 0 Å². The number of carbonyl (C=O) groups excluding carboxylic acids is 3. The van der Waals surface area contributed by atoms with E-state index in [1.165, 1.54) is 0 Å². The molecule has 0 spiro atoms. The monoisotopic (exact) mass is 889 g/mol. The molecule has 0 N–H and O–H groups in total. The van der Waals surface area contributed by atoms with Crippen molar-refractivity contribution < 1.29 is 28.6 Å². The highest BCUT2D eigenvalue weighted by molar-refractivity contribution is 5.71. The maximum atomic E-state index is 12.8. The van der Waals surface area contributed by atoms with E-state index in [1.807, 2.05) is 97.2 Å². The van der Waals surface area contributed by atoms with Crippen molar-refractivity contribution in [2.24, 2.45) is 0 Å². The average Bonchev–Trinajstić information content (AvgIpc) is 3.30. The first-order valence-corrected chi connectivity index (χ1v) is 24.4. The van der Waals surface area contributed by atoms with Gasteiger partial charge in [0, 0.05) is 19.3 Å². The largest absolute Gasteiger partial charge is 0.462 e. The molecule has 0 aliphatic heterocycles. The molecule has 0 rings (SSSR count). The van der Waals surface area contributed by atoms with Gasteiger partial charge in [0.2, 0.25) is 0 Å². The highest BCUT2D eigenvalue weighted by Crippen LogP contribution is 2.10. The Labute approximate surface area is 395 Å². The molecule has 0 heterocycles. The van der Waals surface area contributed by atoms with Crippen LogP contribution in [-0.4, -0.2) is 37.2 Å². The normalized spacial score (nSPS) is 13.7. The van der Waals surface area contributed by atoms with Crippen molar-refractivity contribution in [3.63, 3.8) is 0 Å². The molecule has 0 bridgehead atoms. The minimum Gasteiger partial charge on any atom is -0.462 e. The summed E-state index contributed by atoms with van der Waals surface area (Å²) in [5.74, 6) is -1.14. The second kappa shape index (κ2) is 51.1. The van der Waals surface area contributed by atoms with Gasteiger partial charge in [-0.25, -0.2) is 0 Å². The molecule has 0 aliphatic rings. The summed E-state index contributed by atoms with van der Waals surface area (Å²) in [6.07, 6.45) is 77.4. The summed E-state index contributed by atoms with van der Waals surface area (Å²) in [4.78, 5) is 37.9.